The Morgan fingerprint density at radius 3 is 2.53 bits per heavy atom. The van der Waals surface area contributed by atoms with Gasteiger partial charge in [0.25, 0.3) is 0 Å². The van der Waals surface area contributed by atoms with Crippen LogP contribution in [0.2, 0.25) is 0 Å². The molecular weight excluding hydrogens is 220 g/mol. The number of hydrogen-bond donors (Lipinski definition) is 2. The summed E-state index contributed by atoms with van der Waals surface area (Å²) in [7, 11) is 1.61. The molecule has 0 radical (unpaired) electrons. The van der Waals surface area contributed by atoms with E-state index in [2.05, 4.69) is 5.32 Å². The van der Waals surface area contributed by atoms with Crippen LogP contribution in [-0.4, -0.2) is 30.7 Å². The molecule has 1 aromatic rings. The van der Waals surface area contributed by atoms with Crippen LogP contribution in [0.4, 0.5) is 10.5 Å². The Morgan fingerprint density at radius 1 is 1.35 bits per heavy atom. The van der Waals surface area contributed by atoms with Crippen molar-refractivity contribution in [2.24, 2.45) is 0 Å². The van der Waals surface area contributed by atoms with E-state index in [9.17, 15) is 9.59 Å². The van der Waals surface area contributed by atoms with E-state index in [0.717, 1.165) is 16.8 Å². The third-order valence-corrected chi connectivity index (χ3v) is 2.41. The maximum Gasteiger partial charge on any atom is 0.323 e. The highest BCUT2D eigenvalue weighted by Gasteiger charge is 2.13. The van der Waals surface area contributed by atoms with Crippen LogP contribution in [0.3, 0.4) is 0 Å². The molecule has 0 atom stereocenters. The van der Waals surface area contributed by atoms with Crippen molar-refractivity contribution in [2.75, 3.05) is 18.5 Å². The molecule has 0 saturated heterocycles. The van der Waals surface area contributed by atoms with E-state index in [1.807, 2.05) is 32.0 Å². The van der Waals surface area contributed by atoms with E-state index in [-0.39, 0.29) is 6.54 Å². The van der Waals surface area contributed by atoms with Crippen LogP contribution in [-0.2, 0) is 4.79 Å². The standard InChI is InChI=1S/C12H16N2O3/c1-8-4-5-10(9(2)6-8)14(3)12(17)13-7-11(15)16/h4-6H,7H2,1-3H3,(H,13,17)(H,15,16). The number of urea groups is 1. The molecule has 1 rings (SSSR count). The summed E-state index contributed by atoms with van der Waals surface area (Å²) in [5.41, 5.74) is 2.85. The Hall–Kier alpha value is -2.04. The van der Waals surface area contributed by atoms with E-state index in [0.29, 0.717) is 0 Å². The van der Waals surface area contributed by atoms with E-state index in [1.54, 1.807) is 7.05 Å². The maximum absolute atomic E-state index is 11.6. The molecule has 5 nitrogen and oxygen atoms in total. The first-order valence-corrected chi connectivity index (χ1v) is 5.22. The molecular formula is C12H16N2O3. The quantitative estimate of drug-likeness (QED) is 0.836. The predicted octanol–water partition coefficient (Wildman–Crippen LogP) is 1.53. The van der Waals surface area contributed by atoms with Gasteiger partial charge in [-0.15, -0.1) is 0 Å². The molecule has 0 aromatic heterocycles. The number of rotatable bonds is 3. The third kappa shape index (κ3) is 3.48. The topological polar surface area (TPSA) is 69.6 Å². The second-order valence-electron chi connectivity index (χ2n) is 3.90. The van der Waals surface area contributed by atoms with Crippen molar-refractivity contribution in [3.8, 4) is 0 Å². The van der Waals surface area contributed by atoms with Crippen molar-refractivity contribution in [1.82, 2.24) is 5.32 Å². The van der Waals surface area contributed by atoms with Crippen molar-refractivity contribution < 1.29 is 14.7 Å². The van der Waals surface area contributed by atoms with E-state index >= 15 is 0 Å². The van der Waals surface area contributed by atoms with Gasteiger partial charge in [-0.2, -0.15) is 0 Å². The Labute approximate surface area is 100 Å². The van der Waals surface area contributed by atoms with E-state index in [4.69, 9.17) is 5.11 Å². The summed E-state index contributed by atoms with van der Waals surface area (Å²) in [4.78, 5) is 23.4. The zero-order valence-corrected chi connectivity index (χ0v) is 10.2. The molecule has 2 N–H and O–H groups in total. The molecule has 0 heterocycles. The number of benzene rings is 1. The van der Waals surface area contributed by atoms with Crippen LogP contribution in [0.15, 0.2) is 18.2 Å². The highest BCUT2D eigenvalue weighted by molar-refractivity contribution is 5.93. The number of carbonyl (C=O) groups excluding carboxylic acids is 1. The lowest BCUT2D eigenvalue weighted by Crippen LogP contribution is -2.40. The highest BCUT2D eigenvalue weighted by Crippen LogP contribution is 2.19. The van der Waals surface area contributed by atoms with Crippen molar-refractivity contribution in [3.63, 3.8) is 0 Å². The first-order valence-electron chi connectivity index (χ1n) is 5.22. The third-order valence-electron chi connectivity index (χ3n) is 2.41. The Kier molecular flexibility index (Phi) is 4.09. The molecule has 0 aliphatic carbocycles. The summed E-state index contributed by atoms with van der Waals surface area (Å²) < 4.78 is 0. The van der Waals surface area contributed by atoms with Crippen molar-refractivity contribution in [3.05, 3.63) is 29.3 Å². The van der Waals surface area contributed by atoms with Crippen LogP contribution in [0.25, 0.3) is 0 Å². The lowest BCUT2D eigenvalue weighted by Gasteiger charge is -2.19. The average molecular weight is 236 g/mol. The van der Waals surface area contributed by atoms with Crippen LogP contribution < -0.4 is 10.2 Å². The molecule has 0 bridgehead atoms. The molecule has 0 saturated carbocycles. The van der Waals surface area contributed by atoms with Crippen molar-refractivity contribution in [1.29, 1.82) is 0 Å². The molecule has 92 valence electrons. The Morgan fingerprint density at radius 2 is 2.00 bits per heavy atom. The lowest BCUT2D eigenvalue weighted by molar-refractivity contribution is -0.135. The highest BCUT2D eigenvalue weighted by atomic mass is 16.4. The lowest BCUT2D eigenvalue weighted by atomic mass is 10.1. The van der Waals surface area contributed by atoms with Crippen molar-refractivity contribution >= 4 is 17.7 Å². The average Bonchev–Trinajstić information content (AvgIpc) is 2.25. The summed E-state index contributed by atoms with van der Waals surface area (Å²) in [6, 6.07) is 5.28. The largest absolute Gasteiger partial charge is 0.480 e. The van der Waals surface area contributed by atoms with Gasteiger partial charge in [0.2, 0.25) is 0 Å². The molecule has 2 amide bonds. The second-order valence-corrected chi connectivity index (χ2v) is 3.90. The summed E-state index contributed by atoms with van der Waals surface area (Å²) >= 11 is 0. The van der Waals surface area contributed by atoms with Gasteiger partial charge in [0.15, 0.2) is 0 Å². The minimum atomic E-state index is -1.06. The monoisotopic (exact) mass is 236 g/mol. The molecule has 0 aliphatic heterocycles. The molecule has 5 heteroatoms. The number of carboxylic acids is 1. The minimum Gasteiger partial charge on any atom is -0.480 e. The fraction of sp³-hybridized carbons (Fsp3) is 0.333. The molecule has 0 aliphatic rings. The van der Waals surface area contributed by atoms with Crippen LogP contribution >= 0.6 is 0 Å². The van der Waals surface area contributed by atoms with Crippen LogP contribution in [0, 0.1) is 13.8 Å². The number of anilines is 1. The fourth-order valence-electron chi connectivity index (χ4n) is 1.56. The van der Waals surface area contributed by atoms with Gasteiger partial charge in [-0.25, -0.2) is 4.79 Å². The number of aliphatic carboxylic acids is 1. The summed E-state index contributed by atoms with van der Waals surface area (Å²) in [5.74, 6) is -1.06. The first-order chi connectivity index (χ1) is 7.91. The minimum absolute atomic E-state index is 0.381. The van der Waals surface area contributed by atoms with Crippen molar-refractivity contribution in [2.45, 2.75) is 13.8 Å². The van der Waals surface area contributed by atoms with Gasteiger partial charge in [-0.3, -0.25) is 9.69 Å². The van der Waals surface area contributed by atoms with Crippen LogP contribution in [0.1, 0.15) is 11.1 Å². The van der Waals surface area contributed by atoms with Gasteiger partial charge in [0.05, 0.1) is 0 Å². The fourth-order valence-corrected chi connectivity index (χ4v) is 1.56. The predicted molar refractivity (Wildman–Crippen MR) is 65.4 cm³/mol. The molecule has 0 fully saturated rings. The van der Waals surface area contributed by atoms with Gasteiger partial charge < -0.3 is 10.4 Å². The number of carbonyl (C=O) groups is 2. The van der Waals surface area contributed by atoms with Crippen LogP contribution in [0.5, 0.6) is 0 Å². The number of hydrogen-bond acceptors (Lipinski definition) is 2. The molecule has 0 spiro atoms. The van der Waals surface area contributed by atoms with Gasteiger partial charge in [0.1, 0.15) is 6.54 Å². The number of nitrogens with zero attached hydrogens (tertiary/aromatic N) is 1. The zero-order valence-electron chi connectivity index (χ0n) is 10.2. The zero-order chi connectivity index (χ0) is 13.0. The maximum atomic E-state index is 11.6. The SMILES string of the molecule is Cc1ccc(N(C)C(=O)NCC(=O)O)c(C)c1. The summed E-state index contributed by atoms with van der Waals surface area (Å²) in [6.07, 6.45) is 0. The Bertz CT molecular complexity index is 443. The van der Waals surface area contributed by atoms with Gasteiger partial charge in [-0.05, 0) is 25.5 Å². The van der Waals surface area contributed by atoms with Gasteiger partial charge in [-0.1, -0.05) is 17.7 Å². The number of carboxylic acid groups (broad SMARTS) is 1. The number of nitrogens with one attached hydrogen (secondary N) is 1. The number of aryl methyl sites for hydroxylation is 2. The molecule has 17 heavy (non-hydrogen) atoms. The normalized spacial score (nSPS) is 9.82. The molecule has 0 unspecified atom stereocenters. The smallest absolute Gasteiger partial charge is 0.323 e. The van der Waals surface area contributed by atoms with Gasteiger partial charge in [0, 0.05) is 12.7 Å². The first kappa shape index (κ1) is 13.0. The summed E-state index contributed by atoms with van der Waals surface area (Å²) in [6.45, 7) is 3.50. The second kappa shape index (κ2) is 5.34. The molecule has 1 aromatic carbocycles. The van der Waals surface area contributed by atoms with E-state index in [1.165, 1.54) is 4.90 Å². The number of amides is 2. The Balaban J connectivity index is 2.78. The van der Waals surface area contributed by atoms with E-state index < -0.39 is 12.0 Å². The summed E-state index contributed by atoms with van der Waals surface area (Å²) in [5, 5.41) is 10.8. The van der Waals surface area contributed by atoms with Gasteiger partial charge >= 0.3 is 12.0 Å².